The molecule has 0 radical (unpaired) electrons. The maximum absolute atomic E-state index is 12.4. The summed E-state index contributed by atoms with van der Waals surface area (Å²) in [6, 6.07) is 6.40. The smallest absolute Gasteiger partial charge is 0.320 e. The van der Waals surface area contributed by atoms with Crippen LogP contribution in [0.3, 0.4) is 0 Å². The van der Waals surface area contributed by atoms with Gasteiger partial charge in [0.25, 0.3) is 0 Å². The van der Waals surface area contributed by atoms with Crippen LogP contribution < -0.4 is 5.73 Å². The van der Waals surface area contributed by atoms with Crippen LogP contribution in [0.25, 0.3) is 0 Å². The predicted molar refractivity (Wildman–Crippen MR) is 69.5 cm³/mol. The number of hydrogen-bond donors (Lipinski definition) is 1. The van der Waals surface area contributed by atoms with Gasteiger partial charge in [-0.05, 0) is 50.6 Å². The summed E-state index contributed by atoms with van der Waals surface area (Å²) in [7, 11) is 0. The summed E-state index contributed by atoms with van der Waals surface area (Å²) in [6.07, 6.45) is -4.31. The van der Waals surface area contributed by atoms with Crippen molar-refractivity contribution in [3.8, 4) is 0 Å². The second-order valence-corrected chi connectivity index (χ2v) is 6.07. The van der Waals surface area contributed by atoms with Gasteiger partial charge >= 0.3 is 6.18 Å². The molecule has 0 fully saturated rings. The summed E-state index contributed by atoms with van der Waals surface area (Å²) in [5, 5.41) is 1.88. The summed E-state index contributed by atoms with van der Waals surface area (Å²) in [5.41, 5.74) is 6.87. The van der Waals surface area contributed by atoms with Crippen molar-refractivity contribution in [3.05, 3.63) is 56.2 Å². The molecule has 1 nitrogen and oxygen atoms in total. The standard InChI is InChI=1S/C12H9BrF3NS/c13-10-5-8(6-18-10)11(17)7-1-3-9(4-2-7)12(14,15)16/h1-6,11H,17H2. The maximum atomic E-state index is 12.4. The minimum absolute atomic E-state index is 0.408. The van der Waals surface area contributed by atoms with Gasteiger partial charge in [0.15, 0.2) is 0 Å². The molecule has 0 aliphatic rings. The number of alkyl halides is 3. The predicted octanol–water partition coefficient (Wildman–Crippen LogP) is 4.58. The van der Waals surface area contributed by atoms with Crippen molar-refractivity contribution in [2.45, 2.75) is 12.2 Å². The van der Waals surface area contributed by atoms with E-state index in [-0.39, 0.29) is 0 Å². The lowest BCUT2D eigenvalue weighted by atomic mass is 10.0. The Hall–Kier alpha value is -0.850. The molecular formula is C12H9BrF3NS. The van der Waals surface area contributed by atoms with Crippen LogP contribution in [0.1, 0.15) is 22.7 Å². The highest BCUT2D eigenvalue weighted by molar-refractivity contribution is 9.11. The number of benzene rings is 1. The van der Waals surface area contributed by atoms with Crippen molar-refractivity contribution in [1.29, 1.82) is 0 Å². The van der Waals surface area contributed by atoms with E-state index in [9.17, 15) is 13.2 Å². The van der Waals surface area contributed by atoms with Crippen molar-refractivity contribution < 1.29 is 13.2 Å². The van der Waals surface area contributed by atoms with Crippen LogP contribution in [0.4, 0.5) is 13.2 Å². The van der Waals surface area contributed by atoms with E-state index >= 15 is 0 Å². The topological polar surface area (TPSA) is 26.0 Å². The first kappa shape index (κ1) is 13.6. The number of nitrogens with two attached hydrogens (primary N) is 1. The van der Waals surface area contributed by atoms with Crippen molar-refractivity contribution in [2.75, 3.05) is 0 Å². The SMILES string of the molecule is NC(c1ccc(C(F)(F)F)cc1)c1csc(Br)c1. The first-order valence-electron chi connectivity index (χ1n) is 5.04. The molecule has 2 N–H and O–H groups in total. The molecule has 1 aromatic carbocycles. The maximum Gasteiger partial charge on any atom is 0.416 e. The van der Waals surface area contributed by atoms with Crippen molar-refractivity contribution in [3.63, 3.8) is 0 Å². The van der Waals surface area contributed by atoms with Gasteiger partial charge in [0, 0.05) is 0 Å². The van der Waals surface area contributed by atoms with Gasteiger partial charge in [0.1, 0.15) is 0 Å². The van der Waals surface area contributed by atoms with Crippen LogP contribution in [-0.4, -0.2) is 0 Å². The zero-order valence-corrected chi connectivity index (χ0v) is 11.4. The molecule has 1 aromatic heterocycles. The number of halogens is 4. The Labute approximate surface area is 115 Å². The fraction of sp³-hybridized carbons (Fsp3) is 0.167. The normalized spacial score (nSPS) is 13.6. The van der Waals surface area contributed by atoms with E-state index in [0.29, 0.717) is 5.56 Å². The highest BCUT2D eigenvalue weighted by Crippen LogP contribution is 2.32. The minimum Gasteiger partial charge on any atom is -0.320 e. The van der Waals surface area contributed by atoms with Gasteiger partial charge in [-0.2, -0.15) is 13.2 Å². The second kappa shape index (κ2) is 5.03. The largest absolute Gasteiger partial charge is 0.416 e. The van der Waals surface area contributed by atoms with Gasteiger partial charge in [-0.25, -0.2) is 0 Å². The van der Waals surface area contributed by atoms with Gasteiger partial charge in [-0.15, -0.1) is 11.3 Å². The van der Waals surface area contributed by atoms with Crippen LogP contribution >= 0.6 is 27.3 Å². The van der Waals surface area contributed by atoms with Crippen LogP contribution in [0.15, 0.2) is 39.5 Å². The zero-order chi connectivity index (χ0) is 13.3. The van der Waals surface area contributed by atoms with Crippen molar-refractivity contribution in [2.24, 2.45) is 5.73 Å². The Bertz CT molecular complexity index is 533. The van der Waals surface area contributed by atoms with Crippen LogP contribution in [0, 0.1) is 0 Å². The third kappa shape index (κ3) is 2.93. The Morgan fingerprint density at radius 3 is 2.17 bits per heavy atom. The molecule has 1 atom stereocenters. The molecule has 2 rings (SSSR count). The molecule has 2 aromatic rings. The van der Waals surface area contributed by atoms with E-state index in [1.807, 2.05) is 11.4 Å². The minimum atomic E-state index is -4.31. The highest BCUT2D eigenvalue weighted by atomic mass is 79.9. The first-order valence-corrected chi connectivity index (χ1v) is 6.72. The van der Waals surface area contributed by atoms with Gasteiger partial charge in [0.2, 0.25) is 0 Å². The van der Waals surface area contributed by atoms with E-state index in [1.165, 1.54) is 23.5 Å². The molecule has 0 spiro atoms. The van der Waals surface area contributed by atoms with Crippen molar-refractivity contribution in [1.82, 2.24) is 0 Å². The molecule has 1 heterocycles. The summed E-state index contributed by atoms with van der Waals surface area (Å²) < 4.78 is 38.2. The number of hydrogen-bond acceptors (Lipinski definition) is 2. The average molecular weight is 336 g/mol. The quantitative estimate of drug-likeness (QED) is 0.854. The van der Waals surface area contributed by atoms with E-state index in [0.717, 1.165) is 21.5 Å². The van der Waals surface area contributed by atoms with Crippen LogP contribution in [0.2, 0.25) is 0 Å². The van der Waals surface area contributed by atoms with Gasteiger partial charge in [-0.3, -0.25) is 0 Å². The third-order valence-electron chi connectivity index (χ3n) is 2.54. The lowest BCUT2D eigenvalue weighted by molar-refractivity contribution is -0.137. The van der Waals surface area contributed by atoms with Crippen molar-refractivity contribution >= 4 is 27.3 Å². The lowest BCUT2D eigenvalue weighted by Crippen LogP contribution is -2.12. The van der Waals surface area contributed by atoms with E-state index < -0.39 is 17.8 Å². The molecule has 96 valence electrons. The molecule has 0 aliphatic carbocycles. The molecule has 6 heteroatoms. The summed E-state index contributed by atoms with van der Waals surface area (Å²) >= 11 is 4.82. The zero-order valence-electron chi connectivity index (χ0n) is 9.04. The lowest BCUT2D eigenvalue weighted by Gasteiger charge is -2.12. The molecular weight excluding hydrogens is 327 g/mol. The fourth-order valence-corrected chi connectivity index (χ4v) is 2.77. The van der Waals surface area contributed by atoms with Crippen LogP contribution in [-0.2, 0) is 6.18 Å². The average Bonchev–Trinajstić information content (AvgIpc) is 2.74. The van der Waals surface area contributed by atoms with E-state index in [4.69, 9.17) is 5.73 Å². The summed E-state index contributed by atoms with van der Waals surface area (Å²) in [6.45, 7) is 0. The summed E-state index contributed by atoms with van der Waals surface area (Å²) in [4.78, 5) is 0. The van der Waals surface area contributed by atoms with E-state index in [2.05, 4.69) is 15.9 Å². The van der Waals surface area contributed by atoms with E-state index in [1.54, 1.807) is 0 Å². The number of rotatable bonds is 2. The van der Waals surface area contributed by atoms with Gasteiger partial charge in [0.05, 0.1) is 15.4 Å². The first-order chi connectivity index (χ1) is 8.38. The van der Waals surface area contributed by atoms with Gasteiger partial charge in [-0.1, -0.05) is 12.1 Å². The number of thiophene rings is 1. The third-order valence-corrected chi connectivity index (χ3v) is 4.07. The summed E-state index contributed by atoms with van der Waals surface area (Å²) in [5.74, 6) is 0. The monoisotopic (exact) mass is 335 g/mol. The Balaban J connectivity index is 2.24. The molecule has 0 amide bonds. The molecule has 0 saturated carbocycles. The molecule has 18 heavy (non-hydrogen) atoms. The molecule has 0 saturated heterocycles. The molecule has 0 aliphatic heterocycles. The second-order valence-electron chi connectivity index (χ2n) is 3.78. The van der Waals surface area contributed by atoms with Crippen LogP contribution in [0.5, 0.6) is 0 Å². The highest BCUT2D eigenvalue weighted by Gasteiger charge is 2.30. The Morgan fingerprint density at radius 1 is 1.11 bits per heavy atom. The molecule has 0 bridgehead atoms. The molecule has 1 unspecified atom stereocenters. The fourth-order valence-electron chi connectivity index (χ4n) is 1.56. The Kier molecular flexibility index (Phi) is 3.79. The Morgan fingerprint density at radius 2 is 1.72 bits per heavy atom. The van der Waals surface area contributed by atoms with Gasteiger partial charge < -0.3 is 5.73 Å².